The van der Waals surface area contributed by atoms with Crippen molar-refractivity contribution >= 4 is 28.8 Å². The first-order valence-electron chi connectivity index (χ1n) is 6.35. The number of nitrogens with zero attached hydrogens (tertiary/aromatic N) is 1. The SMILES string of the molecule is COc1ccc(/C=C(/C#N)C(=O)NC(N)=O)c2ccccc12. The molecule has 6 heteroatoms. The zero-order valence-electron chi connectivity index (χ0n) is 11.8. The molecular formula is C16H13N3O3. The summed E-state index contributed by atoms with van der Waals surface area (Å²) in [6.07, 6.45) is 1.40. The van der Waals surface area contributed by atoms with Crippen LogP contribution in [0.1, 0.15) is 5.56 Å². The summed E-state index contributed by atoms with van der Waals surface area (Å²) in [4.78, 5) is 22.4. The molecule has 0 aromatic heterocycles. The van der Waals surface area contributed by atoms with Crippen molar-refractivity contribution in [1.82, 2.24) is 5.32 Å². The number of carbonyl (C=O) groups is 2. The average Bonchev–Trinajstić information content (AvgIpc) is 2.51. The molecular weight excluding hydrogens is 282 g/mol. The molecule has 3 amide bonds. The van der Waals surface area contributed by atoms with E-state index in [-0.39, 0.29) is 5.57 Å². The van der Waals surface area contributed by atoms with E-state index in [0.717, 1.165) is 10.8 Å². The third-order valence-electron chi connectivity index (χ3n) is 3.04. The Hall–Kier alpha value is -3.33. The highest BCUT2D eigenvalue weighted by atomic mass is 16.5. The lowest BCUT2D eigenvalue weighted by molar-refractivity contribution is -0.115. The maximum atomic E-state index is 11.7. The normalized spacial score (nSPS) is 10.8. The molecule has 0 fully saturated rings. The molecule has 0 bridgehead atoms. The number of carbonyl (C=O) groups excluding carboxylic acids is 2. The van der Waals surface area contributed by atoms with Crippen LogP contribution < -0.4 is 15.8 Å². The van der Waals surface area contributed by atoms with Gasteiger partial charge in [-0.05, 0) is 23.1 Å². The minimum Gasteiger partial charge on any atom is -0.496 e. The number of fused-ring (bicyclic) bond motifs is 1. The van der Waals surface area contributed by atoms with Crippen molar-refractivity contribution in [3.8, 4) is 11.8 Å². The molecule has 0 saturated heterocycles. The number of methoxy groups -OCH3 is 1. The number of nitrogens with one attached hydrogen (secondary N) is 1. The highest BCUT2D eigenvalue weighted by Crippen LogP contribution is 2.29. The third kappa shape index (κ3) is 3.04. The number of nitrogens with two attached hydrogens (primary N) is 1. The molecule has 3 N–H and O–H groups in total. The number of ether oxygens (including phenoxy) is 1. The second-order valence-corrected chi connectivity index (χ2v) is 4.39. The van der Waals surface area contributed by atoms with Gasteiger partial charge in [0.25, 0.3) is 5.91 Å². The van der Waals surface area contributed by atoms with Gasteiger partial charge in [-0.25, -0.2) is 4.79 Å². The van der Waals surface area contributed by atoms with Gasteiger partial charge < -0.3 is 10.5 Å². The molecule has 0 radical (unpaired) electrons. The van der Waals surface area contributed by atoms with Gasteiger partial charge in [-0.3, -0.25) is 10.1 Å². The number of primary amides is 1. The minimum absolute atomic E-state index is 0.214. The number of urea groups is 1. The topological polar surface area (TPSA) is 105 Å². The summed E-state index contributed by atoms with van der Waals surface area (Å²) in [5.41, 5.74) is 5.33. The molecule has 6 nitrogen and oxygen atoms in total. The lowest BCUT2D eigenvalue weighted by Gasteiger charge is -2.08. The number of amides is 3. The van der Waals surface area contributed by atoms with Gasteiger partial charge in [0.05, 0.1) is 7.11 Å². The van der Waals surface area contributed by atoms with Crippen molar-refractivity contribution in [3.05, 3.63) is 47.5 Å². The van der Waals surface area contributed by atoms with E-state index in [1.54, 1.807) is 25.3 Å². The molecule has 2 aromatic rings. The fourth-order valence-corrected chi connectivity index (χ4v) is 2.08. The lowest BCUT2D eigenvalue weighted by atomic mass is 10.0. The maximum absolute atomic E-state index is 11.7. The molecule has 0 aliphatic carbocycles. The summed E-state index contributed by atoms with van der Waals surface area (Å²) in [6, 6.07) is 11.7. The number of imide groups is 1. The van der Waals surface area contributed by atoms with Gasteiger partial charge in [0.2, 0.25) is 0 Å². The zero-order chi connectivity index (χ0) is 16.1. The fourth-order valence-electron chi connectivity index (χ4n) is 2.08. The molecule has 0 aliphatic heterocycles. The van der Waals surface area contributed by atoms with Crippen LogP contribution in [0.4, 0.5) is 4.79 Å². The molecule has 22 heavy (non-hydrogen) atoms. The quantitative estimate of drug-likeness (QED) is 0.666. The highest BCUT2D eigenvalue weighted by Gasteiger charge is 2.12. The Balaban J connectivity index is 2.55. The van der Waals surface area contributed by atoms with Crippen molar-refractivity contribution < 1.29 is 14.3 Å². The van der Waals surface area contributed by atoms with Crippen LogP contribution >= 0.6 is 0 Å². The Bertz CT molecular complexity index is 819. The number of rotatable bonds is 3. The summed E-state index contributed by atoms with van der Waals surface area (Å²) < 4.78 is 5.29. The highest BCUT2D eigenvalue weighted by molar-refractivity contribution is 6.10. The van der Waals surface area contributed by atoms with Gasteiger partial charge in [-0.15, -0.1) is 0 Å². The van der Waals surface area contributed by atoms with Gasteiger partial charge in [0.1, 0.15) is 17.4 Å². The van der Waals surface area contributed by atoms with E-state index >= 15 is 0 Å². The molecule has 0 aliphatic rings. The van der Waals surface area contributed by atoms with Gasteiger partial charge in [-0.1, -0.05) is 30.3 Å². The van der Waals surface area contributed by atoms with Crippen LogP contribution in [0.15, 0.2) is 42.0 Å². The molecule has 0 heterocycles. The predicted octanol–water partition coefficient (Wildman–Crippen LogP) is 1.95. The van der Waals surface area contributed by atoms with E-state index in [1.807, 2.05) is 29.6 Å². The second-order valence-electron chi connectivity index (χ2n) is 4.39. The van der Waals surface area contributed by atoms with Crippen LogP contribution in [0.5, 0.6) is 5.75 Å². The van der Waals surface area contributed by atoms with Crippen LogP contribution in [0.3, 0.4) is 0 Å². The average molecular weight is 295 g/mol. The van der Waals surface area contributed by atoms with Crippen molar-refractivity contribution in [3.63, 3.8) is 0 Å². The smallest absolute Gasteiger partial charge is 0.319 e. The summed E-state index contributed by atoms with van der Waals surface area (Å²) in [5.74, 6) is -0.150. The van der Waals surface area contributed by atoms with Crippen LogP contribution in [0, 0.1) is 11.3 Å². The number of hydrogen-bond acceptors (Lipinski definition) is 4. The van der Waals surface area contributed by atoms with Crippen molar-refractivity contribution in [2.24, 2.45) is 5.73 Å². The maximum Gasteiger partial charge on any atom is 0.319 e. The first-order chi connectivity index (χ1) is 10.6. The summed E-state index contributed by atoms with van der Waals surface area (Å²) in [7, 11) is 1.57. The van der Waals surface area contributed by atoms with E-state index in [4.69, 9.17) is 15.7 Å². The first kappa shape index (κ1) is 15.1. The molecule has 0 saturated carbocycles. The Morgan fingerprint density at radius 1 is 1.23 bits per heavy atom. The first-order valence-corrected chi connectivity index (χ1v) is 6.35. The second kappa shape index (κ2) is 6.41. The standard InChI is InChI=1S/C16H13N3O3/c1-22-14-7-6-10(12-4-2-3-5-13(12)14)8-11(9-17)15(20)19-16(18)21/h2-8H,1H3,(H3,18,19,20,21)/b11-8-. The van der Waals surface area contributed by atoms with Crippen LogP contribution in [0.2, 0.25) is 0 Å². The number of nitriles is 1. The van der Waals surface area contributed by atoms with Crippen LogP contribution in [0.25, 0.3) is 16.8 Å². The minimum atomic E-state index is -1.01. The van der Waals surface area contributed by atoms with Crippen LogP contribution in [-0.2, 0) is 4.79 Å². The number of hydrogen-bond donors (Lipinski definition) is 2. The summed E-state index contributed by atoms with van der Waals surface area (Å²) >= 11 is 0. The molecule has 110 valence electrons. The molecule has 0 spiro atoms. The summed E-state index contributed by atoms with van der Waals surface area (Å²) in [5, 5.41) is 12.6. The molecule has 2 aromatic carbocycles. The largest absolute Gasteiger partial charge is 0.496 e. The Morgan fingerprint density at radius 2 is 1.91 bits per heavy atom. The van der Waals surface area contributed by atoms with E-state index < -0.39 is 11.9 Å². The van der Waals surface area contributed by atoms with Gasteiger partial charge in [-0.2, -0.15) is 5.26 Å². The third-order valence-corrected chi connectivity index (χ3v) is 3.04. The van der Waals surface area contributed by atoms with Crippen molar-refractivity contribution in [2.45, 2.75) is 0 Å². The monoisotopic (exact) mass is 295 g/mol. The van der Waals surface area contributed by atoms with Gasteiger partial charge >= 0.3 is 6.03 Å². The Kier molecular flexibility index (Phi) is 4.39. The van der Waals surface area contributed by atoms with E-state index in [0.29, 0.717) is 11.3 Å². The van der Waals surface area contributed by atoms with Gasteiger partial charge in [0.15, 0.2) is 0 Å². The molecule has 2 rings (SSSR count). The van der Waals surface area contributed by atoms with Gasteiger partial charge in [0, 0.05) is 5.39 Å². The predicted molar refractivity (Wildman–Crippen MR) is 81.8 cm³/mol. The van der Waals surface area contributed by atoms with Crippen LogP contribution in [-0.4, -0.2) is 19.0 Å². The molecule has 0 unspecified atom stereocenters. The Labute approximate surface area is 126 Å². The van der Waals surface area contributed by atoms with E-state index in [9.17, 15) is 9.59 Å². The van der Waals surface area contributed by atoms with Crippen molar-refractivity contribution in [1.29, 1.82) is 5.26 Å². The number of benzene rings is 2. The fraction of sp³-hybridized carbons (Fsp3) is 0.0625. The Morgan fingerprint density at radius 3 is 2.50 bits per heavy atom. The summed E-state index contributed by atoms with van der Waals surface area (Å²) in [6.45, 7) is 0. The van der Waals surface area contributed by atoms with Crippen molar-refractivity contribution in [2.75, 3.05) is 7.11 Å². The van der Waals surface area contributed by atoms with E-state index in [1.165, 1.54) is 6.08 Å². The zero-order valence-corrected chi connectivity index (χ0v) is 11.8. The lowest BCUT2D eigenvalue weighted by Crippen LogP contribution is -2.35. The molecule has 0 atom stereocenters. The van der Waals surface area contributed by atoms with E-state index in [2.05, 4.69) is 0 Å².